The van der Waals surface area contributed by atoms with Crippen molar-refractivity contribution in [3.63, 3.8) is 0 Å². The van der Waals surface area contributed by atoms with Crippen LogP contribution in [0.4, 0.5) is 0 Å². The van der Waals surface area contributed by atoms with E-state index in [2.05, 4.69) is 53.7 Å². The van der Waals surface area contributed by atoms with Crippen molar-refractivity contribution in [2.45, 2.75) is 70.8 Å². The lowest BCUT2D eigenvalue weighted by Gasteiger charge is -2.26. The molecule has 1 unspecified atom stereocenters. The number of aromatic carboxylic acids is 1. The Labute approximate surface area is 241 Å². The van der Waals surface area contributed by atoms with Gasteiger partial charge in [-0.15, -0.1) is 0 Å². The summed E-state index contributed by atoms with van der Waals surface area (Å²) in [7, 11) is 0. The number of ether oxygens (including phenoxy) is 1. The molecule has 1 saturated heterocycles. The molecule has 2 aromatic heterocycles. The summed E-state index contributed by atoms with van der Waals surface area (Å²) in [5.41, 5.74) is 8.06. The first-order valence-electron chi connectivity index (χ1n) is 14.9. The average Bonchev–Trinajstić information content (AvgIpc) is 3.63. The second-order valence-electron chi connectivity index (χ2n) is 11.5. The maximum Gasteiger partial charge on any atom is 0.339 e. The van der Waals surface area contributed by atoms with Crippen molar-refractivity contribution in [3.8, 4) is 22.8 Å². The first-order chi connectivity index (χ1) is 19.9. The monoisotopic (exact) mass is 550 g/mol. The molecule has 212 valence electrons. The maximum absolute atomic E-state index is 11.8. The Hall–Kier alpha value is -3.97. The molecule has 1 aliphatic carbocycles. The Morgan fingerprint density at radius 2 is 1.90 bits per heavy atom. The van der Waals surface area contributed by atoms with Gasteiger partial charge in [0.25, 0.3) is 0 Å². The molecule has 0 spiro atoms. The summed E-state index contributed by atoms with van der Waals surface area (Å²) >= 11 is 0. The molecule has 3 heterocycles. The van der Waals surface area contributed by atoms with Crippen LogP contribution in [0.1, 0.15) is 96.3 Å². The zero-order valence-corrected chi connectivity index (χ0v) is 24.1. The van der Waals surface area contributed by atoms with E-state index in [4.69, 9.17) is 9.72 Å². The van der Waals surface area contributed by atoms with Crippen molar-refractivity contribution >= 4 is 5.97 Å². The number of hydrogen-bond acceptors (Lipinski definition) is 5. The fourth-order valence-corrected chi connectivity index (χ4v) is 6.59. The highest BCUT2D eigenvalue weighted by atomic mass is 16.5. The molecule has 0 amide bonds. The number of aryl methyl sites for hydroxylation is 2. The largest absolute Gasteiger partial charge is 0.486 e. The number of piperidine rings is 1. The lowest BCUT2D eigenvalue weighted by atomic mass is 9.86. The van der Waals surface area contributed by atoms with Gasteiger partial charge in [0.05, 0.1) is 17.6 Å². The Balaban J connectivity index is 1.32. The average molecular weight is 551 g/mol. The predicted molar refractivity (Wildman–Crippen MR) is 160 cm³/mol. The van der Waals surface area contributed by atoms with Crippen LogP contribution in [0.2, 0.25) is 0 Å². The summed E-state index contributed by atoms with van der Waals surface area (Å²) in [5, 5.41) is 17.6. The van der Waals surface area contributed by atoms with Crippen LogP contribution in [0.15, 0.2) is 60.8 Å². The minimum Gasteiger partial charge on any atom is -0.486 e. The van der Waals surface area contributed by atoms with E-state index >= 15 is 0 Å². The second kappa shape index (κ2) is 11.5. The molecule has 7 nitrogen and oxygen atoms in total. The second-order valence-corrected chi connectivity index (χ2v) is 11.5. The van der Waals surface area contributed by atoms with Gasteiger partial charge in [-0.1, -0.05) is 51.1 Å². The molecule has 1 atom stereocenters. The molecule has 0 bridgehead atoms. The fourth-order valence-electron chi connectivity index (χ4n) is 6.59. The van der Waals surface area contributed by atoms with Crippen molar-refractivity contribution in [2.24, 2.45) is 0 Å². The summed E-state index contributed by atoms with van der Waals surface area (Å²) in [6.45, 7) is 8.35. The molecule has 2 aromatic carbocycles. The van der Waals surface area contributed by atoms with E-state index in [-0.39, 0.29) is 17.6 Å². The van der Waals surface area contributed by atoms with Gasteiger partial charge < -0.3 is 15.2 Å². The maximum atomic E-state index is 11.8. The van der Waals surface area contributed by atoms with E-state index in [0.29, 0.717) is 17.4 Å². The van der Waals surface area contributed by atoms with Gasteiger partial charge in [0, 0.05) is 11.1 Å². The number of aromatic nitrogens is 3. The van der Waals surface area contributed by atoms with Crippen molar-refractivity contribution in [3.05, 3.63) is 94.3 Å². The van der Waals surface area contributed by atoms with Crippen molar-refractivity contribution in [1.82, 2.24) is 20.1 Å². The van der Waals surface area contributed by atoms with Gasteiger partial charge in [-0.3, -0.25) is 0 Å². The normalized spacial score (nSPS) is 17.1. The topological polar surface area (TPSA) is 89.3 Å². The Morgan fingerprint density at radius 3 is 2.66 bits per heavy atom. The van der Waals surface area contributed by atoms with Crippen LogP contribution in [0, 0.1) is 0 Å². The third-order valence-electron chi connectivity index (χ3n) is 8.56. The van der Waals surface area contributed by atoms with E-state index in [1.807, 2.05) is 32.0 Å². The van der Waals surface area contributed by atoms with Crippen LogP contribution in [0.5, 0.6) is 5.75 Å². The predicted octanol–water partition coefficient (Wildman–Crippen LogP) is 6.85. The number of nitrogens with zero attached hydrogens (tertiary/aromatic N) is 3. The summed E-state index contributed by atoms with van der Waals surface area (Å²) < 4.78 is 8.38. The summed E-state index contributed by atoms with van der Waals surface area (Å²) in [5.74, 6) is 1.14. The molecule has 0 radical (unpaired) electrons. The quantitative estimate of drug-likeness (QED) is 0.249. The number of rotatable bonds is 8. The number of hydrogen-bond donors (Lipinski definition) is 2. The van der Waals surface area contributed by atoms with Crippen molar-refractivity contribution < 1.29 is 14.6 Å². The zero-order valence-electron chi connectivity index (χ0n) is 24.1. The van der Waals surface area contributed by atoms with E-state index in [1.54, 1.807) is 4.68 Å². The fraction of sp³-hybridized carbons (Fsp3) is 0.382. The Kier molecular flexibility index (Phi) is 7.63. The highest BCUT2D eigenvalue weighted by Gasteiger charge is 2.29. The standard InChI is InChI=1S/C34H38N4O3/c1-4-22-19-25(12-13-26(22)23-15-17-35-18-16-23)41-30-14-11-24-7-5-8-27(32(24)30)29-9-6-10-31(37-29)38-33(21(2)3)28(20-36-38)34(39)40/h5-10,12-13,19-21,23,30,35H,4,11,14-18H2,1-3H3,(H,39,40). The van der Waals surface area contributed by atoms with Crippen LogP contribution in [-0.4, -0.2) is 38.9 Å². The minimum atomic E-state index is -0.980. The Bertz CT molecular complexity index is 1570. The van der Waals surface area contributed by atoms with E-state index < -0.39 is 5.97 Å². The molecule has 1 aliphatic heterocycles. The molecule has 2 N–H and O–H groups in total. The van der Waals surface area contributed by atoms with Crippen molar-refractivity contribution in [1.29, 1.82) is 0 Å². The van der Waals surface area contributed by atoms with E-state index in [0.717, 1.165) is 49.4 Å². The summed E-state index contributed by atoms with van der Waals surface area (Å²) in [6.07, 6.45) is 6.60. The molecule has 7 heteroatoms. The first-order valence-corrected chi connectivity index (χ1v) is 14.9. The number of pyridine rings is 1. The molecule has 4 aromatic rings. The molecular formula is C34H38N4O3. The zero-order chi connectivity index (χ0) is 28.5. The van der Waals surface area contributed by atoms with Gasteiger partial charge >= 0.3 is 5.97 Å². The molecule has 1 fully saturated rings. The van der Waals surface area contributed by atoms with Gasteiger partial charge in [-0.05, 0) is 98.0 Å². The molecule has 6 rings (SSSR count). The van der Waals surface area contributed by atoms with Gasteiger partial charge in [0.15, 0.2) is 5.82 Å². The van der Waals surface area contributed by atoms with Gasteiger partial charge in [-0.25, -0.2) is 14.5 Å². The Morgan fingerprint density at radius 1 is 1.10 bits per heavy atom. The number of fused-ring (bicyclic) bond motifs is 1. The molecule has 2 aliphatic rings. The number of carboxylic acids is 1. The van der Waals surface area contributed by atoms with Gasteiger partial charge in [-0.2, -0.15) is 5.10 Å². The van der Waals surface area contributed by atoms with E-state index in [9.17, 15) is 9.90 Å². The first kappa shape index (κ1) is 27.2. The number of nitrogens with one attached hydrogen (secondary N) is 1. The molecule has 41 heavy (non-hydrogen) atoms. The smallest absolute Gasteiger partial charge is 0.339 e. The SMILES string of the molecule is CCc1cc(OC2CCc3cccc(-c4cccc(-n5ncc(C(=O)O)c5C(C)C)n4)c32)ccc1C1CCNCC1. The third-order valence-corrected chi connectivity index (χ3v) is 8.56. The summed E-state index contributed by atoms with van der Waals surface area (Å²) in [6, 6.07) is 18.9. The van der Waals surface area contributed by atoms with E-state index in [1.165, 1.54) is 41.3 Å². The summed E-state index contributed by atoms with van der Waals surface area (Å²) in [4.78, 5) is 16.8. The number of carboxylic acid groups (broad SMARTS) is 1. The number of benzene rings is 2. The molecule has 0 saturated carbocycles. The van der Waals surface area contributed by atoms with Crippen LogP contribution < -0.4 is 10.1 Å². The lowest BCUT2D eigenvalue weighted by molar-refractivity contribution is 0.0695. The molecular weight excluding hydrogens is 512 g/mol. The van der Waals surface area contributed by atoms with Crippen LogP contribution in [0.3, 0.4) is 0 Å². The minimum absolute atomic E-state index is 0.0259. The number of carbonyl (C=O) groups is 1. The van der Waals surface area contributed by atoms with Crippen LogP contribution in [-0.2, 0) is 12.8 Å². The van der Waals surface area contributed by atoms with Crippen LogP contribution >= 0.6 is 0 Å². The van der Waals surface area contributed by atoms with Crippen molar-refractivity contribution in [2.75, 3.05) is 13.1 Å². The van der Waals surface area contributed by atoms with Crippen LogP contribution in [0.25, 0.3) is 17.1 Å². The lowest BCUT2D eigenvalue weighted by Crippen LogP contribution is -2.27. The third kappa shape index (κ3) is 5.26. The van der Waals surface area contributed by atoms with Gasteiger partial charge in [0.2, 0.25) is 0 Å². The van der Waals surface area contributed by atoms with Gasteiger partial charge in [0.1, 0.15) is 17.4 Å². The highest BCUT2D eigenvalue weighted by molar-refractivity contribution is 5.89. The highest BCUT2D eigenvalue weighted by Crippen LogP contribution is 2.42.